The number of nitrogens with one attached hydrogen (secondary N) is 3. The first-order valence-electron chi connectivity index (χ1n) is 11.2. The van der Waals surface area contributed by atoms with E-state index >= 15 is 0 Å². The van der Waals surface area contributed by atoms with Crippen LogP contribution in [0, 0.1) is 5.92 Å². The van der Waals surface area contributed by atoms with Crippen LogP contribution in [0.1, 0.15) is 27.5 Å². The molecular weight excluding hydrogens is 621 g/mol. The number of alkyl halides is 5. The normalized spacial score (nSPS) is 18.2. The van der Waals surface area contributed by atoms with Gasteiger partial charge in [-0.15, -0.1) is 23.2 Å². The number of anilines is 2. The van der Waals surface area contributed by atoms with Crippen molar-refractivity contribution in [2.24, 2.45) is 5.92 Å². The fraction of sp³-hybridized carbons (Fsp3) is 0.154. The van der Waals surface area contributed by atoms with E-state index in [0.29, 0.717) is 15.6 Å². The minimum atomic E-state index is -4.53. The van der Waals surface area contributed by atoms with Crippen LogP contribution in [0.3, 0.4) is 0 Å². The van der Waals surface area contributed by atoms with Gasteiger partial charge in [0.05, 0.1) is 16.5 Å². The highest BCUT2D eigenvalue weighted by Gasteiger charge is 2.67. The number of carbonyl (C=O) groups excluding carboxylic acids is 2. The molecule has 202 valence electrons. The topological polar surface area (TPSA) is 74.0 Å². The number of H-pyrrole nitrogens is 1. The van der Waals surface area contributed by atoms with Gasteiger partial charge >= 0.3 is 6.18 Å². The van der Waals surface area contributed by atoms with E-state index < -0.39 is 39.9 Å². The Labute approximate surface area is 244 Å². The summed E-state index contributed by atoms with van der Waals surface area (Å²) in [4.78, 5) is 28.3. The molecule has 1 saturated carbocycles. The van der Waals surface area contributed by atoms with E-state index in [-0.39, 0.29) is 32.9 Å². The second-order valence-corrected chi connectivity index (χ2v) is 11.7. The van der Waals surface area contributed by atoms with E-state index in [2.05, 4.69) is 15.6 Å². The Balaban J connectivity index is 1.32. The summed E-state index contributed by atoms with van der Waals surface area (Å²) in [7, 11) is 0. The number of rotatable bonds is 5. The lowest BCUT2D eigenvalue weighted by atomic mass is 10.1. The molecule has 0 spiro atoms. The summed E-state index contributed by atoms with van der Waals surface area (Å²) < 4.78 is 37.6. The maximum absolute atomic E-state index is 13.0. The van der Waals surface area contributed by atoms with Crippen LogP contribution in [0.5, 0.6) is 0 Å². The van der Waals surface area contributed by atoms with Crippen molar-refractivity contribution in [2.45, 2.75) is 16.4 Å². The largest absolute Gasteiger partial charge is 0.431 e. The van der Waals surface area contributed by atoms with E-state index in [9.17, 15) is 22.8 Å². The zero-order chi connectivity index (χ0) is 28.3. The summed E-state index contributed by atoms with van der Waals surface area (Å²) >= 11 is 31.2. The second kappa shape index (κ2) is 10.1. The number of aromatic nitrogens is 1. The molecule has 1 aromatic heterocycles. The second-order valence-electron chi connectivity index (χ2n) is 8.95. The quantitative estimate of drug-likeness (QED) is 0.192. The average Bonchev–Trinajstić information content (AvgIpc) is 3.17. The molecule has 0 radical (unpaired) electrons. The van der Waals surface area contributed by atoms with Crippen LogP contribution >= 0.6 is 58.0 Å². The summed E-state index contributed by atoms with van der Waals surface area (Å²) in [5.41, 5.74) is 0.496. The van der Waals surface area contributed by atoms with Crippen molar-refractivity contribution in [3.8, 4) is 0 Å². The zero-order valence-corrected chi connectivity index (χ0v) is 23.0. The standard InChI is InChI=1S/C26H15Cl5F3N3O2/c27-13-5-12(6-14(28)9-13)21-22(25(21,30)31)24(39)36-16-1-3-18(29)17(10-16)23(38)35-15-2-4-19-11(7-15)8-20(37-19)26(32,33)34/h1-10,21-22,37H,(H,35,38)(H,36,39). The molecule has 1 fully saturated rings. The molecule has 3 aromatic carbocycles. The Bertz CT molecular complexity index is 1620. The third kappa shape index (κ3) is 5.67. The van der Waals surface area contributed by atoms with Gasteiger partial charge in [-0.05, 0) is 66.2 Å². The molecule has 2 atom stereocenters. The molecule has 5 rings (SSSR count). The van der Waals surface area contributed by atoms with Gasteiger partial charge in [0.2, 0.25) is 5.91 Å². The van der Waals surface area contributed by atoms with Crippen LogP contribution in [-0.4, -0.2) is 21.1 Å². The van der Waals surface area contributed by atoms with Crippen molar-refractivity contribution in [1.29, 1.82) is 0 Å². The van der Waals surface area contributed by atoms with E-state index in [1.54, 1.807) is 18.2 Å². The van der Waals surface area contributed by atoms with Crippen molar-refractivity contribution in [1.82, 2.24) is 4.98 Å². The van der Waals surface area contributed by atoms with Crippen molar-refractivity contribution < 1.29 is 22.8 Å². The van der Waals surface area contributed by atoms with Crippen LogP contribution in [0.4, 0.5) is 24.5 Å². The molecule has 1 aliphatic rings. The molecule has 0 bridgehead atoms. The first-order chi connectivity index (χ1) is 18.2. The number of hydrogen-bond acceptors (Lipinski definition) is 2. The molecular formula is C26H15Cl5F3N3O2. The van der Waals surface area contributed by atoms with Gasteiger partial charge in [-0.1, -0.05) is 34.8 Å². The molecule has 39 heavy (non-hydrogen) atoms. The maximum Gasteiger partial charge on any atom is 0.431 e. The van der Waals surface area contributed by atoms with Crippen LogP contribution in [-0.2, 0) is 11.0 Å². The Morgan fingerprint density at radius 1 is 0.846 bits per heavy atom. The van der Waals surface area contributed by atoms with Gasteiger partial charge in [-0.25, -0.2) is 0 Å². The molecule has 5 nitrogen and oxygen atoms in total. The van der Waals surface area contributed by atoms with Crippen LogP contribution in [0.25, 0.3) is 10.9 Å². The van der Waals surface area contributed by atoms with Crippen molar-refractivity contribution >= 4 is 92.1 Å². The molecule has 2 amide bonds. The summed E-state index contributed by atoms with van der Waals surface area (Å²) in [6.07, 6.45) is -4.53. The summed E-state index contributed by atoms with van der Waals surface area (Å²) in [6, 6.07) is 14.3. The highest BCUT2D eigenvalue weighted by atomic mass is 35.5. The van der Waals surface area contributed by atoms with Crippen molar-refractivity contribution in [3.63, 3.8) is 0 Å². The average molecular weight is 636 g/mol. The van der Waals surface area contributed by atoms with Gasteiger partial charge in [-0.3, -0.25) is 9.59 Å². The Morgan fingerprint density at radius 3 is 2.15 bits per heavy atom. The van der Waals surface area contributed by atoms with Crippen LogP contribution in [0.15, 0.2) is 60.7 Å². The third-order valence-corrected chi connectivity index (χ3v) is 7.95. The van der Waals surface area contributed by atoms with E-state index in [1.807, 2.05) is 0 Å². The fourth-order valence-electron chi connectivity index (χ4n) is 4.38. The Kier molecular flexibility index (Phi) is 7.23. The van der Waals surface area contributed by atoms with Crippen molar-refractivity contribution in [3.05, 3.63) is 92.6 Å². The van der Waals surface area contributed by atoms with Gasteiger partial charge in [0, 0.05) is 38.2 Å². The summed E-state index contributed by atoms with van der Waals surface area (Å²) in [5, 5.41) is 6.40. The highest BCUT2D eigenvalue weighted by molar-refractivity contribution is 6.53. The lowest BCUT2D eigenvalue weighted by Crippen LogP contribution is -2.18. The predicted octanol–water partition coefficient (Wildman–Crippen LogP) is 8.93. The number of halogens is 8. The predicted molar refractivity (Wildman–Crippen MR) is 148 cm³/mol. The number of aromatic amines is 1. The number of fused-ring (bicyclic) bond motifs is 1. The molecule has 3 N–H and O–H groups in total. The van der Waals surface area contributed by atoms with Gasteiger partial charge in [0.15, 0.2) is 0 Å². The summed E-state index contributed by atoms with van der Waals surface area (Å²) in [5.74, 6) is -2.51. The van der Waals surface area contributed by atoms with Gasteiger partial charge in [0.1, 0.15) is 10.0 Å². The third-order valence-electron chi connectivity index (χ3n) is 6.24. The zero-order valence-electron chi connectivity index (χ0n) is 19.3. The van der Waals surface area contributed by atoms with Gasteiger partial charge in [-0.2, -0.15) is 13.2 Å². The van der Waals surface area contributed by atoms with Crippen LogP contribution in [0.2, 0.25) is 15.1 Å². The Morgan fingerprint density at radius 2 is 1.49 bits per heavy atom. The molecule has 1 heterocycles. The first kappa shape index (κ1) is 27.9. The van der Waals surface area contributed by atoms with Gasteiger partial charge in [0.25, 0.3) is 5.91 Å². The van der Waals surface area contributed by atoms with E-state index in [0.717, 1.165) is 6.07 Å². The first-order valence-corrected chi connectivity index (χ1v) is 13.1. The molecule has 2 unspecified atom stereocenters. The minimum Gasteiger partial charge on any atom is -0.351 e. The number of carbonyl (C=O) groups is 2. The minimum absolute atomic E-state index is 0.0246. The van der Waals surface area contributed by atoms with Crippen molar-refractivity contribution in [2.75, 3.05) is 10.6 Å². The van der Waals surface area contributed by atoms with Gasteiger partial charge < -0.3 is 15.6 Å². The molecule has 13 heteroatoms. The maximum atomic E-state index is 13.0. The number of amides is 2. The van der Waals surface area contributed by atoms with E-state index in [4.69, 9.17) is 58.0 Å². The molecule has 0 saturated heterocycles. The Hall–Kier alpha value is -2.62. The van der Waals surface area contributed by atoms with Crippen LogP contribution < -0.4 is 10.6 Å². The SMILES string of the molecule is O=C(Nc1ccc2[nH]c(C(F)(F)F)cc2c1)c1cc(NC(=O)C2C(c3cc(Cl)cc(Cl)c3)C2(Cl)Cl)ccc1Cl. The monoisotopic (exact) mass is 633 g/mol. The molecule has 1 aliphatic carbocycles. The lowest BCUT2D eigenvalue weighted by molar-refractivity contribution is -0.140. The van der Waals surface area contributed by atoms with E-state index in [1.165, 1.54) is 36.4 Å². The smallest absolute Gasteiger partial charge is 0.351 e. The molecule has 0 aliphatic heterocycles. The number of benzene rings is 3. The highest BCUT2D eigenvalue weighted by Crippen LogP contribution is 2.65. The number of hydrogen-bond donors (Lipinski definition) is 3. The molecule has 4 aromatic rings. The lowest BCUT2D eigenvalue weighted by Gasteiger charge is -2.10. The fourth-order valence-corrected chi connectivity index (χ4v) is 5.96. The summed E-state index contributed by atoms with van der Waals surface area (Å²) in [6.45, 7) is 0.